The van der Waals surface area contributed by atoms with Crippen LogP contribution in [-0.4, -0.2) is 31.2 Å². The van der Waals surface area contributed by atoms with Crippen molar-refractivity contribution < 1.29 is 14.3 Å². The number of hydrogen-bond acceptors (Lipinski definition) is 3. The molecule has 0 aliphatic carbocycles. The van der Waals surface area contributed by atoms with E-state index < -0.39 is 5.60 Å². The average Bonchev–Trinajstić information content (AvgIpc) is 2.56. The summed E-state index contributed by atoms with van der Waals surface area (Å²) in [6.07, 6.45) is -0.0302. The number of halogens is 1. The SMILES string of the molecule is CN1CCN(C(=O)CC(C)(O)c2ccccc2)c2ccc(F)cc21. The number of likely N-dealkylation sites (N-methyl/N-ethyl adjacent to an activating group) is 1. The molecule has 126 valence electrons. The first kappa shape index (κ1) is 16.5. The molecule has 1 unspecified atom stereocenters. The van der Waals surface area contributed by atoms with Gasteiger partial charge in [-0.05, 0) is 30.7 Å². The van der Waals surface area contributed by atoms with E-state index in [0.717, 1.165) is 0 Å². The molecular formula is C19H21FN2O2. The van der Waals surface area contributed by atoms with E-state index in [1.165, 1.54) is 12.1 Å². The van der Waals surface area contributed by atoms with Crippen molar-refractivity contribution in [1.82, 2.24) is 0 Å². The minimum Gasteiger partial charge on any atom is -0.385 e. The molecule has 0 fully saturated rings. The molecule has 4 nitrogen and oxygen atoms in total. The molecule has 0 saturated heterocycles. The van der Waals surface area contributed by atoms with E-state index in [9.17, 15) is 14.3 Å². The van der Waals surface area contributed by atoms with Gasteiger partial charge in [-0.25, -0.2) is 4.39 Å². The summed E-state index contributed by atoms with van der Waals surface area (Å²) in [5.74, 6) is -0.504. The van der Waals surface area contributed by atoms with Gasteiger partial charge in [0.15, 0.2) is 0 Å². The summed E-state index contributed by atoms with van der Waals surface area (Å²) in [6.45, 7) is 2.77. The van der Waals surface area contributed by atoms with E-state index >= 15 is 0 Å². The number of aliphatic hydroxyl groups is 1. The Morgan fingerprint density at radius 1 is 1.17 bits per heavy atom. The lowest BCUT2D eigenvalue weighted by Crippen LogP contribution is -2.44. The highest BCUT2D eigenvalue weighted by atomic mass is 19.1. The molecule has 3 rings (SSSR count). The molecule has 1 atom stereocenters. The predicted octanol–water partition coefficient (Wildman–Crippen LogP) is 2.91. The standard InChI is InChI=1S/C19H21FN2O2/c1-19(24,14-6-4-3-5-7-14)13-18(23)22-11-10-21(2)17-12-15(20)8-9-16(17)22/h3-9,12,24H,10-11,13H2,1-2H3. The summed E-state index contributed by atoms with van der Waals surface area (Å²) >= 11 is 0. The second-order valence-corrected chi connectivity index (χ2v) is 6.42. The summed E-state index contributed by atoms with van der Waals surface area (Å²) in [4.78, 5) is 16.4. The Hall–Kier alpha value is -2.40. The van der Waals surface area contributed by atoms with E-state index in [1.807, 2.05) is 30.1 Å². The predicted molar refractivity (Wildman–Crippen MR) is 92.7 cm³/mol. The van der Waals surface area contributed by atoms with Crippen LogP contribution in [0.2, 0.25) is 0 Å². The van der Waals surface area contributed by atoms with Gasteiger partial charge in [0.1, 0.15) is 5.82 Å². The zero-order valence-electron chi connectivity index (χ0n) is 13.9. The van der Waals surface area contributed by atoms with Crippen LogP contribution >= 0.6 is 0 Å². The summed E-state index contributed by atoms with van der Waals surface area (Å²) < 4.78 is 13.5. The third-order valence-electron chi connectivity index (χ3n) is 4.49. The Morgan fingerprint density at radius 3 is 2.58 bits per heavy atom. The van der Waals surface area contributed by atoms with Crippen LogP contribution < -0.4 is 9.80 Å². The van der Waals surface area contributed by atoms with Crippen molar-refractivity contribution >= 4 is 17.3 Å². The highest BCUT2D eigenvalue weighted by Crippen LogP contribution is 2.34. The highest BCUT2D eigenvalue weighted by Gasteiger charge is 2.32. The van der Waals surface area contributed by atoms with Crippen LogP contribution in [-0.2, 0) is 10.4 Å². The van der Waals surface area contributed by atoms with Crippen LogP contribution in [0.1, 0.15) is 18.9 Å². The van der Waals surface area contributed by atoms with Crippen molar-refractivity contribution in [2.24, 2.45) is 0 Å². The number of nitrogens with zero attached hydrogens (tertiary/aromatic N) is 2. The number of carbonyl (C=O) groups excluding carboxylic acids is 1. The highest BCUT2D eigenvalue weighted by molar-refractivity contribution is 5.98. The quantitative estimate of drug-likeness (QED) is 0.942. The lowest BCUT2D eigenvalue weighted by atomic mass is 9.92. The molecule has 2 aromatic carbocycles. The maximum Gasteiger partial charge on any atom is 0.230 e. The van der Waals surface area contributed by atoms with Gasteiger partial charge in [-0.2, -0.15) is 0 Å². The van der Waals surface area contributed by atoms with Crippen LogP contribution in [0.15, 0.2) is 48.5 Å². The first-order chi connectivity index (χ1) is 11.4. The van der Waals surface area contributed by atoms with Crippen molar-refractivity contribution in [3.63, 3.8) is 0 Å². The van der Waals surface area contributed by atoms with Gasteiger partial charge in [0, 0.05) is 20.1 Å². The Kier molecular flexibility index (Phi) is 4.28. The second kappa shape index (κ2) is 6.24. The van der Waals surface area contributed by atoms with Crippen LogP contribution in [0.4, 0.5) is 15.8 Å². The fourth-order valence-corrected chi connectivity index (χ4v) is 3.07. The van der Waals surface area contributed by atoms with E-state index in [1.54, 1.807) is 30.0 Å². The van der Waals surface area contributed by atoms with Gasteiger partial charge in [0.25, 0.3) is 0 Å². The second-order valence-electron chi connectivity index (χ2n) is 6.42. The normalized spacial score (nSPS) is 16.5. The molecule has 0 spiro atoms. The number of rotatable bonds is 3. The molecule has 0 aromatic heterocycles. The summed E-state index contributed by atoms with van der Waals surface area (Å²) in [7, 11) is 1.88. The van der Waals surface area contributed by atoms with E-state index in [4.69, 9.17) is 0 Å². The third-order valence-corrected chi connectivity index (χ3v) is 4.49. The largest absolute Gasteiger partial charge is 0.385 e. The summed E-state index contributed by atoms with van der Waals surface area (Å²) in [5, 5.41) is 10.7. The lowest BCUT2D eigenvalue weighted by molar-refractivity contribution is -0.123. The molecule has 24 heavy (non-hydrogen) atoms. The minimum atomic E-state index is -1.25. The monoisotopic (exact) mass is 328 g/mol. The van der Waals surface area contributed by atoms with Crippen molar-refractivity contribution in [2.45, 2.75) is 18.9 Å². The number of benzene rings is 2. The smallest absolute Gasteiger partial charge is 0.230 e. The molecule has 5 heteroatoms. The van der Waals surface area contributed by atoms with Crippen molar-refractivity contribution in [3.8, 4) is 0 Å². The molecule has 1 aliphatic heterocycles. The van der Waals surface area contributed by atoms with Crippen LogP contribution in [0.25, 0.3) is 0 Å². The molecule has 0 radical (unpaired) electrons. The molecule has 0 saturated carbocycles. The molecule has 1 N–H and O–H groups in total. The van der Waals surface area contributed by atoms with Crippen molar-refractivity contribution in [3.05, 3.63) is 59.9 Å². The topological polar surface area (TPSA) is 43.8 Å². The first-order valence-electron chi connectivity index (χ1n) is 7.97. The molecule has 1 aliphatic rings. The fraction of sp³-hybridized carbons (Fsp3) is 0.316. The summed E-state index contributed by atoms with van der Waals surface area (Å²) in [6, 6.07) is 13.6. The maximum absolute atomic E-state index is 13.5. The number of fused-ring (bicyclic) bond motifs is 1. The third kappa shape index (κ3) is 3.12. The Morgan fingerprint density at radius 2 is 1.88 bits per heavy atom. The van der Waals surface area contributed by atoms with Gasteiger partial charge in [-0.3, -0.25) is 4.79 Å². The Bertz CT molecular complexity index is 746. The number of anilines is 2. The fourth-order valence-electron chi connectivity index (χ4n) is 3.07. The maximum atomic E-state index is 13.5. The zero-order chi connectivity index (χ0) is 17.3. The molecular weight excluding hydrogens is 307 g/mol. The zero-order valence-corrected chi connectivity index (χ0v) is 13.9. The van der Waals surface area contributed by atoms with Crippen molar-refractivity contribution in [2.75, 3.05) is 29.9 Å². The van der Waals surface area contributed by atoms with Gasteiger partial charge >= 0.3 is 0 Å². The molecule has 0 bridgehead atoms. The Labute approximate surface area is 141 Å². The van der Waals surface area contributed by atoms with Crippen LogP contribution in [0, 0.1) is 5.82 Å². The number of amides is 1. The minimum absolute atomic E-state index is 0.0302. The summed E-state index contributed by atoms with van der Waals surface area (Å²) in [5.41, 5.74) is 0.821. The molecule has 2 aromatic rings. The van der Waals surface area contributed by atoms with Gasteiger partial charge in [-0.1, -0.05) is 30.3 Å². The number of carbonyl (C=O) groups is 1. The molecule has 1 heterocycles. The molecule has 1 amide bonds. The van der Waals surface area contributed by atoms with E-state index in [0.29, 0.717) is 30.0 Å². The van der Waals surface area contributed by atoms with Gasteiger partial charge in [-0.15, -0.1) is 0 Å². The Balaban J connectivity index is 1.85. The number of hydrogen-bond donors (Lipinski definition) is 1. The average molecular weight is 328 g/mol. The van der Waals surface area contributed by atoms with Crippen molar-refractivity contribution in [1.29, 1.82) is 0 Å². The van der Waals surface area contributed by atoms with Gasteiger partial charge in [0.05, 0.1) is 23.4 Å². The van der Waals surface area contributed by atoms with Crippen LogP contribution in [0.3, 0.4) is 0 Å². The van der Waals surface area contributed by atoms with E-state index in [-0.39, 0.29) is 18.1 Å². The van der Waals surface area contributed by atoms with Gasteiger partial charge in [0.2, 0.25) is 5.91 Å². The van der Waals surface area contributed by atoms with E-state index in [2.05, 4.69) is 0 Å². The first-order valence-corrected chi connectivity index (χ1v) is 7.97. The lowest BCUT2D eigenvalue weighted by Gasteiger charge is -2.37. The van der Waals surface area contributed by atoms with Crippen LogP contribution in [0.5, 0.6) is 0 Å². The van der Waals surface area contributed by atoms with Gasteiger partial charge < -0.3 is 14.9 Å².